The SMILES string of the molecule is COc1cccc(CNC(=O)Cn2c(N(C)Cc3ccccc3)nc(C)cc2=O)c1OC. The number of ether oxygens (including phenoxy) is 2. The average molecular weight is 437 g/mol. The Morgan fingerprint density at radius 3 is 2.53 bits per heavy atom. The van der Waals surface area contributed by atoms with Crippen molar-refractivity contribution < 1.29 is 14.3 Å². The minimum Gasteiger partial charge on any atom is -0.493 e. The van der Waals surface area contributed by atoms with Gasteiger partial charge in [-0.3, -0.25) is 14.2 Å². The first-order valence-electron chi connectivity index (χ1n) is 10.2. The lowest BCUT2D eigenvalue weighted by Gasteiger charge is -2.22. The number of amides is 1. The first-order valence-corrected chi connectivity index (χ1v) is 10.2. The predicted octanol–water partition coefficient (Wildman–Crippen LogP) is 2.52. The van der Waals surface area contributed by atoms with E-state index in [9.17, 15) is 9.59 Å². The number of nitrogens with zero attached hydrogens (tertiary/aromatic N) is 3. The molecule has 0 aliphatic carbocycles. The predicted molar refractivity (Wildman–Crippen MR) is 123 cm³/mol. The van der Waals surface area contributed by atoms with Crippen molar-refractivity contribution in [3.63, 3.8) is 0 Å². The van der Waals surface area contributed by atoms with Gasteiger partial charge in [-0.1, -0.05) is 42.5 Å². The zero-order valence-corrected chi connectivity index (χ0v) is 18.8. The molecule has 32 heavy (non-hydrogen) atoms. The normalized spacial score (nSPS) is 10.5. The summed E-state index contributed by atoms with van der Waals surface area (Å²) in [7, 11) is 4.96. The second-order valence-electron chi connectivity index (χ2n) is 7.39. The van der Waals surface area contributed by atoms with Crippen LogP contribution in [-0.2, 0) is 24.4 Å². The summed E-state index contributed by atoms with van der Waals surface area (Å²) in [4.78, 5) is 31.8. The molecule has 0 bridgehead atoms. The van der Waals surface area contributed by atoms with Crippen LogP contribution in [0.5, 0.6) is 11.5 Å². The van der Waals surface area contributed by atoms with Gasteiger partial charge in [-0.05, 0) is 18.6 Å². The van der Waals surface area contributed by atoms with Gasteiger partial charge in [0.05, 0.1) is 14.2 Å². The summed E-state index contributed by atoms with van der Waals surface area (Å²) in [5, 5.41) is 2.85. The van der Waals surface area contributed by atoms with Gasteiger partial charge < -0.3 is 19.7 Å². The highest BCUT2D eigenvalue weighted by Crippen LogP contribution is 2.30. The number of hydrogen-bond acceptors (Lipinski definition) is 6. The molecule has 3 aromatic rings. The van der Waals surface area contributed by atoms with Crippen LogP contribution in [0.1, 0.15) is 16.8 Å². The fourth-order valence-corrected chi connectivity index (χ4v) is 3.46. The van der Waals surface area contributed by atoms with Gasteiger partial charge in [-0.25, -0.2) is 4.98 Å². The van der Waals surface area contributed by atoms with Gasteiger partial charge in [-0.15, -0.1) is 0 Å². The number of benzene rings is 2. The molecule has 0 spiro atoms. The number of aromatic nitrogens is 2. The molecular formula is C24H28N4O4. The Kier molecular flexibility index (Phi) is 7.49. The molecule has 2 aromatic carbocycles. The van der Waals surface area contributed by atoms with E-state index in [2.05, 4.69) is 10.3 Å². The third-order valence-corrected chi connectivity index (χ3v) is 4.98. The second-order valence-corrected chi connectivity index (χ2v) is 7.39. The van der Waals surface area contributed by atoms with Gasteiger partial charge in [-0.2, -0.15) is 0 Å². The monoisotopic (exact) mass is 436 g/mol. The fourth-order valence-electron chi connectivity index (χ4n) is 3.46. The highest BCUT2D eigenvalue weighted by Gasteiger charge is 2.16. The first kappa shape index (κ1) is 22.9. The van der Waals surface area contributed by atoms with Crippen LogP contribution in [0.2, 0.25) is 0 Å². The summed E-state index contributed by atoms with van der Waals surface area (Å²) in [5.74, 6) is 1.28. The topological polar surface area (TPSA) is 85.7 Å². The number of aryl methyl sites for hydroxylation is 1. The highest BCUT2D eigenvalue weighted by atomic mass is 16.5. The smallest absolute Gasteiger partial charge is 0.255 e. The molecule has 0 radical (unpaired) electrons. The van der Waals surface area contributed by atoms with Crippen molar-refractivity contribution in [3.8, 4) is 11.5 Å². The van der Waals surface area contributed by atoms with E-state index in [1.165, 1.54) is 10.6 Å². The zero-order chi connectivity index (χ0) is 23.1. The minimum absolute atomic E-state index is 0.146. The number of carbonyl (C=O) groups is 1. The maximum Gasteiger partial charge on any atom is 0.255 e. The molecule has 1 aromatic heterocycles. The lowest BCUT2D eigenvalue weighted by Crippen LogP contribution is -2.36. The third-order valence-electron chi connectivity index (χ3n) is 4.98. The Bertz CT molecular complexity index is 1130. The van der Waals surface area contributed by atoms with Gasteiger partial charge in [0.2, 0.25) is 11.9 Å². The molecule has 1 amide bonds. The molecule has 0 aliphatic rings. The molecule has 0 aliphatic heterocycles. The number of hydrogen-bond donors (Lipinski definition) is 1. The molecule has 0 saturated heterocycles. The van der Waals surface area contributed by atoms with E-state index in [0.717, 1.165) is 11.1 Å². The van der Waals surface area contributed by atoms with Gasteiger partial charge in [0.1, 0.15) is 6.54 Å². The van der Waals surface area contributed by atoms with E-state index in [4.69, 9.17) is 9.47 Å². The Morgan fingerprint density at radius 1 is 1.09 bits per heavy atom. The molecule has 0 unspecified atom stereocenters. The molecule has 8 nitrogen and oxygen atoms in total. The molecule has 0 atom stereocenters. The Balaban J connectivity index is 1.77. The van der Waals surface area contributed by atoms with Crippen LogP contribution in [0.25, 0.3) is 0 Å². The number of para-hydroxylation sites is 1. The standard InChI is InChI=1S/C24H28N4O4/c1-17-13-22(30)28(24(26-17)27(2)15-18-9-6-5-7-10-18)16-21(29)25-14-19-11-8-12-20(31-3)23(19)32-4/h5-13H,14-16H2,1-4H3,(H,25,29). The van der Waals surface area contributed by atoms with E-state index in [0.29, 0.717) is 29.7 Å². The Labute approximate surface area is 187 Å². The number of nitrogens with one attached hydrogen (secondary N) is 1. The molecular weight excluding hydrogens is 408 g/mol. The largest absolute Gasteiger partial charge is 0.493 e. The van der Waals surface area contributed by atoms with Crippen molar-refractivity contribution in [3.05, 3.63) is 81.8 Å². The van der Waals surface area contributed by atoms with Crippen molar-refractivity contribution in [2.75, 3.05) is 26.2 Å². The van der Waals surface area contributed by atoms with Crippen LogP contribution in [0.4, 0.5) is 5.95 Å². The molecule has 3 rings (SSSR count). The number of methoxy groups -OCH3 is 2. The summed E-state index contributed by atoms with van der Waals surface area (Å²) < 4.78 is 12.1. The molecule has 8 heteroatoms. The second kappa shape index (κ2) is 10.5. The van der Waals surface area contributed by atoms with Gasteiger partial charge >= 0.3 is 0 Å². The number of carbonyl (C=O) groups excluding carboxylic acids is 1. The summed E-state index contributed by atoms with van der Waals surface area (Å²) in [5.41, 5.74) is 2.17. The van der Waals surface area contributed by atoms with Gasteiger partial charge in [0, 0.05) is 37.5 Å². The maximum atomic E-state index is 12.7. The highest BCUT2D eigenvalue weighted by molar-refractivity contribution is 5.76. The van der Waals surface area contributed by atoms with E-state index >= 15 is 0 Å². The number of rotatable bonds is 9. The van der Waals surface area contributed by atoms with Crippen molar-refractivity contribution in [1.29, 1.82) is 0 Å². The fraction of sp³-hybridized carbons (Fsp3) is 0.292. The van der Waals surface area contributed by atoms with E-state index in [1.807, 2.05) is 54.4 Å². The summed E-state index contributed by atoms with van der Waals surface area (Å²) in [6.45, 7) is 2.41. The summed E-state index contributed by atoms with van der Waals surface area (Å²) in [6, 6.07) is 16.8. The Hall–Kier alpha value is -3.81. The van der Waals surface area contributed by atoms with Crippen LogP contribution in [0.3, 0.4) is 0 Å². The zero-order valence-electron chi connectivity index (χ0n) is 18.8. The van der Waals surface area contributed by atoms with Crippen molar-refractivity contribution in [1.82, 2.24) is 14.9 Å². The van der Waals surface area contributed by atoms with Gasteiger partial charge in [0.25, 0.3) is 5.56 Å². The average Bonchev–Trinajstić information content (AvgIpc) is 2.79. The molecule has 0 saturated carbocycles. The van der Waals surface area contributed by atoms with E-state index in [-0.39, 0.29) is 24.6 Å². The summed E-state index contributed by atoms with van der Waals surface area (Å²) in [6.07, 6.45) is 0. The lowest BCUT2D eigenvalue weighted by atomic mass is 10.2. The Morgan fingerprint density at radius 2 is 1.84 bits per heavy atom. The minimum atomic E-state index is -0.308. The molecule has 1 heterocycles. The van der Waals surface area contributed by atoms with E-state index in [1.54, 1.807) is 27.2 Å². The first-order chi connectivity index (χ1) is 15.4. The third kappa shape index (κ3) is 5.46. The van der Waals surface area contributed by atoms with Crippen molar-refractivity contribution >= 4 is 11.9 Å². The lowest BCUT2D eigenvalue weighted by molar-refractivity contribution is -0.121. The van der Waals surface area contributed by atoms with E-state index < -0.39 is 0 Å². The van der Waals surface area contributed by atoms with Crippen LogP contribution in [0, 0.1) is 6.92 Å². The van der Waals surface area contributed by atoms with Gasteiger partial charge in [0.15, 0.2) is 11.5 Å². The molecule has 168 valence electrons. The quantitative estimate of drug-likeness (QED) is 0.555. The van der Waals surface area contributed by atoms with Crippen LogP contribution in [0.15, 0.2) is 59.4 Å². The van der Waals surface area contributed by atoms with Crippen LogP contribution >= 0.6 is 0 Å². The number of anilines is 1. The van der Waals surface area contributed by atoms with Crippen molar-refractivity contribution in [2.24, 2.45) is 0 Å². The van der Waals surface area contributed by atoms with Crippen molar-refractivity contribution in [2.45, 2.75) is 26.6 Å². The summed E-state index contributed by atoms with van der Waals surface area (Å²) >= 11 is 0. The maximum absolute atomic E-state index is 12.7. The van der Waals surface area contributed by atoms with Crippen LogP contribution in [-0.4, -0.2) is 36.7 Å². The molecule has 1 N–H and O–H groups in total. The molecule has 0 fully saturated rings. The van der Waals surface area contributed by atoms with Crippen LogP contribution < -0.4 is 25.2 Å².